The second kappa shape index (κ2) is 8.94. The summed E-state index contributed by atoms with van der Waals surface area (Å²) in [7, 11) is 5.14. The van der Waals surface area contributed by atoms with Crippen LogP contribution < -0.4 is 19.7 Å². The zero-order valence-corrected chi connectivity index (χ0v) is 15.9. The van der Waals surface area contributed by atoms with Crippen LogP contribution in [0.5, 0.6) is 11.5 Å². The first-order valence-electron chi connectivity index (χ1n) is 7.70. The number of hydrogen-bond acceptors (Lipinski definition) is 3. The standard InChI is InChI=1S/C18H20Cl2N2O3/c1-22(10-12-5-4-6-16(24-2)18(12)25-3)11-17(23)21-15-8-13(19)7-14(20)9-15/h4-9H,10-11H2,1-3H3,(H,21,23)/p+1. The molecule has 0 aliphatic carbocycles. The molecule has 0 radical (unpaired) electrons. The first kappa shape index (κ1) is 19.4. The van der Waals surface area contributed by atoms with Crippen LogP contribution in [0.4, 0.5) is 5.69 Å². The maximum atomic E-state index is 12.2. The molecule has 7 heteroatoms. The molecule has 5 nitrogen and oxygen atoms in total. The van der Waals surface area contributed by atoms with Crippen LogP contribution in [0.1, 0.15) is 5.56 Å². The molecule has 134 valence electrons. The number of carbonyl (C=O) groups excluding carboxylic acids is 1. The summed E-state index contributed by atoms with van der Waals surface area (Å²) >= 11 is 11.9. The van der Waals surface area contributed by atoms with Crippen molar-refractivity contribution in [3.05, 3.63) is 52.0 Å². The largest absolute Gasteiger partial charge is 0.493 e. The molecule has 2 rings (SSSR count). The first-order chi connectivity index (χ1) is 11.9. The number of hydrogen-bond donors (Lipinski definition) is 2. The van der Waals surface area contributed by atoms with Gasteiger partial charge < -0.3 is 19.7 Å². The molecule has 1 atom stereocenters. The summed E-state index contributed by atoms with van der Waals surface area (Å²) in [5.41, 5.74) is 1.55. The SMILES string of the molecule is COc1cccc(C[NH+](C)CC(=O)Nc2cc(Cl)cc(Cl)c2)c1OC. The van der Waals surface area contributed by atoms with Crippen LogP contribution in [0.3, 0.4) is 0 Å². The maximum Gasteiger partial charge on any atom is 0.279 e. The van der Waals surface area contributed by atoms with Crippen molar-refractivity contribution < 1.29 is 19.2 Å². The van der Waals surface area contributed by atoms with Gasteiger partial charge in [0.15, 0.2) is 18.0 Å². The van der Waals surface area contributed by atoms with Gasteiger partial charge >= 0.3 is 0 Å². The monoisotopic (exact) mass is 383 g/mol. The van der Waals surface area contributed by atoms with E-state index < -0.39 is 0 Å². The number of anilines is 1. The third kappa shape index (κ3) is 5.53. The quantitative estimate of drug-likeness (QED) is 0.772. The van der Waals surface area contributed by atoms with Gasteiger partial charge in [-0.15, -0.1) is 0 Å². The fourth-order valence-electron chi connectivity index (χ4n) is 2.59. The molecule has 1 amide bonds. The molecule has 0 heterocycles. The molecule has 2 aromatic carbocycles. The van der Waals surface area contributed by atoms with Crippen molar-refractivity contribution in [1.29, 1.82) is 0 Å². The van der Waals surface area contributed by atoms with Crippen molar-refractivity contribution in [2.24, 2.45) is 0 Å². The van der Waals surface area contributed by atoms with E-state index in [0.717, 1.165) is 10.5 Å². The average Bonchev–Trinajstić information content (AvgIpc) is 2.53. The summed E-state index contributed by atoms with van der Waals surface area (Å²) in [4.78, 5) is 13.2. The van der Waals surface area contributed by atoms with E-state index in [-0.39, 0.29) is 12.5 Å². The van der Waals surface area contributed by atoms with Crippen molar-refractivity contribution in [3.8, 4) is 11.5 Å². The summed E-state index contributed by atoms with van der Waals surface area (Å²) in [6, 6.07) is 10.6. The van der Waals surface area contributed by atoms with Crippen molar-refractivity contribution in [1.82, 2.24) is 0 Å². The molecule has 0 saturated heterocycles. The van der Waals surface area contributed by atoms with Crippen LogP contribution in [-0.2, 0) is 11.3 Å². The lowest BCUT2D eigenvalue weighted by molar-refractivity contribution is -0.885. The lowest BCUT2D eigenvalue weighted by Crippen LogP contribution is -3.08. The number of rotatable bonds is 7. The molecular formula is C18H21Cl2N2O3+. The van der Waals surface area contributed by atoms with E-state index in [1.807, 2.05) is 25.2 Å². The summed E-state index contributed by atoms with van der Waals surface area (Å²) in [5, 5.41) is 3.76. The zero-order valence-electron chi connectivity index (χ0n) is 14.4. The molecule has 0 saturated carbocycles. The van der Waals surface area contributed by atoms with E-state index in [1.165, 1.54) is 0 Å². The highest BCUT2D eigenvalue weighted by molar-refractivity contribution is 6.35. The van der Waals surface area contributed by atoms with Crippen LogP contribution in [0, 0.1) is 0 Å². The number of likely N-dealkylation sites (N-methyl/N-ethyl adjacent to an activating group) is 1. The highest BCUT2D eigenvalue weighted by atomic mass is 35.5. The lowest BCUT2D eigenvalue weighted by atomic mass is 10.1. The minimum Gasteiger partial charge on any atom is -0.493 e. The summed E-state index contributed by atoms with van der Waals surface area (Å²) < 4.78 is 10.7. The minimum atomic E-state index is -0.127. The summed E-state index contributed by atoms with van der Waals surface area (Å²) in [6.45, 7) is 0.897. The number of halogens is 2. The molecule has 0 bridgehead atoms. The van der Waals surface area contributed by atoms with Crippen molar-refractivity contribution >= 4 is 34.8 Å². The Labute approximate surface area is 157 Å². The van der Waals surface area contributed by atoms with Gasteiger partial charge in [0.25, 0.3) is 5.91 Å². The Bertz CT molecular complexity index is 733. The van der Waals surface area contributed by atoms with Gasteiger partial charge in [-0.05, 0) is 30.3 Å². The smallest absolute Gasteiger partial charge is 0.279 e. The summed E-state index contributed by atoms with van der Waals surface area (Å²) in [5.74, 6) is 1.23. The van der Waals surface area contributed by atoms with Gasteiger partial charge in [-0.3, -0.25) is 4.79 Å². The Morgan fingerprint density at radius 2 is 1.80 bits per heavy atom. The van der Waals surface area contributed by atoms with Gasteiger partial charge in [0.1, 0.15) is 6.54 Å². The molecular weight excluding hydrogens is 363 g/mol. The van der Waals surface area contributed by atoms with Crippen LogP contribution >= 0.6 is 23.2 Å². The van der Waals surface area contributed by atoms with Crippen LogP contribution in [0.15, 0.2) is 36.4 Å². The Morgan fingerprint density at radius 1 is 1.12 bits per heavy atom. The number of carbonyl (C=O) groups is 1. The third-order valence-corrected chi connectivity index (χ3v) is 4.02. The third-order valence-electron chi connectivity index (χ3n) is 3.59. The van der Waals surface area contributed by atoms with E-state index in [9.17, 15) is 4.79 Å². The molecule has 1 unspecified atom stereocenters. The fraction of sp³-hybridized carbons (Fsp3) is 0.278. The first-order valence-corrected chi connectivity index (χ1v) is 8.45. The van der Waals surface area contributed by atoms with Crippen LogP contribution in [0.2, 0.25) is 10.0 Å². The molecule has 2 aromatic rings. The molecule has 0 aliphatic rings. The van der Waals surface area contributed by atoms with Crippen molar-refractivity contribution in [2.45, 2.75) is 6.54 Å². The van der Waals surface area contributed by atoms with Gasteiger partial charge in [-0.2, -0.15) is 0 Å². The number of quaternary nitrogens is 1. The molecule has 0 spiro atoms. The number of para-hydroxylation sites is 1. The van der Waals surface area contributed by atoms with Crippen molar-refractivity contribution in [3.63, 3.8) is 0 Å². The molecule has 0 aromatic heterocycles. The number of methoxy groups -OCH3 is 2. The highest BCUT2D eigenvalue weighted by Gasteiger charge is 2.16. The zero-order chi connectivity index (χ0) is 18.4. The Morgan fingerprint density at radius 3 is 2.40 bits per heavy atom. The minimum absolute atomic E-state index is 0.127. The highest BCUT2D eigenvalue weighted by Crippen LogP contribution is 2.30. The maximum absolute atomic E-state index is 12.2. The van der Waals surface area contributed by atoms with Gasteiger partial charge in [-0.25, -0.2) is 0 Å². The Kier molecular flexibility index (Phi) is 6.93. The average molecular weight is 384 g/mol. The topological polar surface area (TPSA) is 52.0 Å². The predicted molar refractivity (Wildman–Crippen MR) is 100 cm³/mol. The number of benzene rings is 2. The predicted octanol–water partition coefficient (Wildman–Crippen LogP) is 2.66. The van der Waals surface area contributed by atoms with E-state index >= 15 is 0 Å². The van der Waals surface area contributed by atoms with Crippen LogP contribution in [0.25, 0.3) is 0 Å². The fourth-order valence-corrected chi connectivity index (χ4v) is 3.11. The second-order valence-electron chi connectivity index (χ2n) is 5.67. The normalized spacial score (nSPS) is 11.7. The number of nitrogens with one attached hydrogen (secondary N) is 2. The second-order valence-corrected chi connectivity index (χ2v) is 6.54. The summed E-state index contributed by atoms with van der Waals surface area (Å²) in [6.07, 6.45) is 0. The number of amides is 1. The van der Waals surface area contributed by atoms with E-state index in [2.05, 4.69) is 5.32 Å². The Balaban J connectivity index is 2.00. The van der Waals surface area contributed by atoms with Crippen molar-refractivity contribution in [2.75, 3.05) is 33.1 Å². The number of ether oxygens (including phenoxy) is 2. The van der Waals surface area contributed by atoms with Gasteiger partial charge in [0.2, 0.25) is 0 Å². The van der Waals surface area contributed by atoms with Gasteiger partial charge in [0, 0.05) is 15.7 Å². The van der Waals surface area contributed by atoms with E-state index in [4.69, 9.17) is 32.7 Å². The molecule has 25 heavy (non-hydrogen) atoms. The lowest BCUT2D eigenvalue weighted by Gasteiger charge is -2.17. The van der Waals surface area contributed by atoms with Gasteiger partial charge in [-0.1, -0.05) is 29.3 Å². The van der Waals surface area contributed by atoms with Gasteiger partial charge in [0.05, 0.1) is 26.8 Å². The molecule has 0 aliphatic heterocycles. The van der Waals surface area contributed by atoms with E-state index in [1.54, 1.807) is 32.4 Å². The molecule has 2 N–H and O–H groups in total. The molecule has 0 fully saturated rings. The van der Waals surface area contributed by atoms with Crippen LogP contribution in [-0.4, -0.2) is 33.7 Å². The Hall–Kier alpha value is -1.95. The van der Waals surface area contributed by atoms with E-state index in [0.29, 0.717) is 33.8 Å².